The van der Waals surface area contributed by atoms with Crippen molar-refractivity contribution < 1.29 is 4.74 Å². The Morgan fingerprint density at radius 2 is 2.19 bits per heavy atom. The summed E-state index contributed by atoms with van der Waals surface area (Å²) < 4.78 is 5.46. The number of aromatic amines is 1. The molecular formula is C11H12N4O. The van der Waals surface area contributed by atoms with Gasteiger partial charge in [-0.15, -0.1) is 0 Å². The highest BCUT2D eigenvalue weighted by molar-refractivity contribution is 5.95. The molecule has 0 saturated carbocycles. The van der Waals surface area contributed by atoms with Gasteiger partial charge in [-0.2, -0.15) is 15.1 Å². The minimum absolute atomic E-state index is 0.437. The van der Waals surface area contributed by atoms with Crippen LogP contribution in [0.3, 0.4) is 0 Å². The number of nitrogens with one attached hydrogen (secondary N) is 1. The monoisotopic (exact) mass is 216 g/mol. The summed E-state index contributed by atoms with van der Waals surface area (Å²) in [6.07, 6.45) is 1.41. The minimum Gasteiger partial charge on any atom is -0.477 e. The molecule has 82 valence electrons. The third kappa shape index (κ3) is 2.44. The third-order valence-corrected chi connectivity index (χ3v) is 1.91. The molecule has 0 unspecified atom stereocenters. The number of aromatic nitrogens is 3. The average Bonchev–Trinajstić information content (AvgIpc) is 2.83. The van der Waals surface area contributed by atoms with Crippen molar-refractivity contribution in [2.75, 3.05) is 6.61 Å². The zero-order valence-corrected chi connectivity index (χ0v) is 8.92. The van der Waals surface area contributed by atoms with Crippen LogP contribution in [-0.2, 0) is 4.74 Å². The van der Waals surface area contributed by atoms with E-state index in [0.717, 1.165) is 5.56 Å². The van der Waals surface area contributed by atoms with E-state index in [-0.39, 0.29) is 0 Å². The van der Waals surface area contributed by atoms with E-state index >= 15 is 0 Å². The van der Waals surface area contributed by atoms with E-state index in [9.17, 15) is 0 Å². The molecule has 5 nitrogen and oxygen atoms in total. The van der Waals surface area contributed by atoms with E-state index in [2.05, 4.69) is 20.2 Å². The smallest absolute Gasteiger partial charge is 0.248 e. The first-order valence-electron chi connectivity index (χ1n) is 5.02. The molecule has 0 fully saturated rings. The van der Waals surface area contributed by atoms with Crippen molar-refractivity contribution in [1.82, 2.24) is 15.2 Å². The Morgan fingerprint density at radius 1 is 1.38 bits per heavy atom. The molecule has 1 aromatic carbocycles. The van der Waals surface area contributed by atoms with Gasteiger partial charge in [0.25, 0.3) is 0 Å². The maximum absolute atomic E-state index is 5.46. The molecule has 0 amide bonds. The molecule has 0 radical (unpaired) electrons. The van der Waals surface area contributed by atoms with Gasteiger partial charge in [0, 0.05) is 5.56 Å². The molecular weight excluding hydrogens is 204 g/mol. The van der Waals surface area contributed by atoms with Crippen molar-refractivity contribution in [2.24, 2.45) is 4.99 Å². The Bertz CT molecular complexity index is 450. The summed E-state index contributed by atoms with van der Waals surface area (Å²) in [7, 11) is 0. The van der Waals surface area contributed by atoms with E-state index in [4.69, 9.17) is 4.74 Å². The Hall–Kier alpha value is -2.17. The molecule has 16 heavy (non-hydrogen) atoms. The molecule has 5 heteroatoms. The molecule has 1 heterocycles. The summed E-state index contributed by atoms with van der Waals surface area (Å²) >= 11 is 0. The second-order valence-electron chi connectivity index (χ2n) is 3.03. The SMILES string of the molecule is CCOC(=Nc1ncn[nH]1)c1ccccc1. The van der Waals surface area contributed by atoms with Crippen molar-refractivity contribution in [3.8, 4) is 0 Å². The normalized spacial score (nSPS) is 11.4. The van der Waals surface area contributed by atoms with Gasteiger partial charge in [-0.05, 0) is 19.1 Å². The van der Waals surface area contributed by atoms with Crippen LogP contribution in [0.4, 0.5) is 5.95 Å². The fraction of sp³-hybridized carbons (Fsp3) is 0.182. The number of hydrogen-bond donors (Lipinski definition) is 1. The van der Waals surface area contributed by atoms with E-state index in [1.807, 2.05) is 37.3 Å². The summed E-state index contributed by atoms with van der Waals surface area (Å²) in [5.74, 6) is 0.979. The lowest BCUT2D eigenvalue weighted by Crippen LogP contribution is -2.06. The molecule has 1 aromatic heterocycles. The highest BCUT2D eigenvalue weighted by atomic mass is 16.5. The first-order chi connectivity index (χ1) is 7.90. The van der Waals surface area contributed by atoms with E-state index in [1.54, 1.807) is 0 Å². The van der Waals surface area contributed by atoms with Crippen LogP contribution >= 0.6 is 0 Å². The summed E-state index contributed by atoms with van der Waals surface area (Å²) in [5, 5.41) is 6.40. The Labute approximate surface area is 93.2 Å². The van der Waals surface area contributed by atoms with Crippen LogP contribution < -0.4 is 0 Å². The zero-order valence-electron chi connectivity index (χ0n) is 8.92. The van der Waals surface area contributed by atoms with E-state index in [1.165, 1.54) is 6.33 Å². The maximum atomic E-state index is 5.46. The molecule has 0 aliphatic carbocycles. The molecule has 0 bridgehead atoms. The van der Waals surface area contributed by atoms with Gasteiger partial charge in [-0.1, -0.05) is 18.2 Å². The second-order valence-corrected chi connectivity index (χ2v) is 3.03. The van der Waals surface area contributed by atoms with Crippen molar-refractivity contribution in [3.63, 3.8) is 0 Å². The predicted molar refractivity (Wildman–Crippen MR) is 60.6 cm³/mol. The van der Waals surface area contributed by atoms with Gasteiger partial charge in [0.1, 0.15) is 6.33 Å². The van der Waals surface area contributed by atoms with Crippen molar-refractivity contribution in [3.05, 3.63) is 42.2 Å². The summed E-state index contributed by atoms with van der Waals surface area (Å²) in [5.41, 5.74) is 0.917. The first-order valence-corrected chi connectivity index (χ1v) is 5.02. The number of ether oxygens (including phenoxy) is 1. The highest BCUT2D eigenvalue weighted by Gasteiger charge is 2.04. The fourth-order valence-corrected chi connectivity index (χ4v) is 1.25. The van der Waals surface area contributed by atoms with Gasteiger partial charge in [-0.3, -0.25) is 0 Å². The summed E-state index contributed by atoms with van der Waals surface area (Å²) in [6, 6.07) is 9.69. The summed E-state index contributed by atoms with van der Waals surface area (Å²) in [4.78, 5) is 8.17. The van der Waals surface area contributed by atoms with Gasteiger partial charge in [-0.25, -0.2) is 5.10 Å². The third-order valence-electron chi connectivity index (χ3n) is 1.91. The van der Waals surface area contributed by atoms with Crippen LogP contribution in [0.5, 0.6) is 0 Å². The summed E-state index contributed by atoms with van der Waals surface area (Å²) in [6.45, 7) is 2.47. The number of hydrogen-bond acceptors (Lipinski definition) is 4. The first kappa shape index (κ1) is 10.4. The molecule has 0 atom stereocenters. The lowest BCUT2D eigenvalue weighted by molar-refractivity contribution is 0.328. The second kappa shape index (κ2) is 5.06. The maximum Gasteiger partial charge on any atom is 0.248 e. The number of nitrogens with zero attached hydrogens (tertiary/aromatic N) is 3. The van der Waals surface area contributed by atoms with Gasteiger partial charge >= 0.3 is 0 Å². The van der Waals surface area contributed by atoms with Gasteiger partial charge in [0.2, 0.25) is 11.8 Å². The molecule has 2 rings (SSSR count). The Morgan fingerprint density at radius 3 is 2.81 bits per heavy atom. The molecule has 2 aromatic rings. The number of benzene rings is 1. The number of rotatable bonds is 3. The molecule has 0 aliphatic heterocycles. The quantitative estimate of drug-likeness (QED) is 0.629. The van der Waals surface area contributed by atoms with E-state index < -0.39 is 0 Å². The van der Waals surface area contributed by atoms with Gasteiger partial charge < -0.3 is 4.74 Å². The lowest BCUT2D eigenvalue weighted by atomic mass is 10.2. The lowest BCUT2D eigenvalue weighted by Gasteiger charge is -2.05. The van der Waals surface area contributed by atoms with E-state index in [0.29, 0.717) is 18.5 Å². The Balaban J connectivity index is 2.31. The molecule has 1 N–H and O–H groups in total. The standard InChI is InChI=1S/C11H12N4O/c1-2-16-10(9-6-4-3-5-7-9)14-11-12-8-13-15-11/h3-8H,2H2,1H3,(H,12,13,15). The van der Waals surface area contributed by atoms with Crippen molar-refractivity contribution in [2.45, 2.75) is 6.92 Å². The number of aliphatic imine (C=N–C) groups is 1. The number of H-pyrrole nitrogens is 1. The van der Waals surface area contributed by atoms with Crippen LogP contribution in [0.2, 0.25) is 0 Å². The minimum atomic E-state index is 0.437. The van der Waals surface area contributed by atoms with Crippen LogP contribution in [-0.4, -0.2) is 27.7 Å². The van der Waals surface area contributed by atoms with Crippen LogP contribution in [0.25, 0.3) is 0 Å². The van der Waals surface area contributed by atoms with Crippen LogP contribution in [0.1, 0.15) is 12.5 Å². The predicted octanol–water partition coefficient (Wildman–Crippen LogP) is 1.92. The molecule has 0 aliphatic rings. The van der Waals surface area contributed by atoms with Crippen molar-refractivity contribution in [1.29, 1.82) is 0 Å². The van der Waals surface area contributed by atoms with Gasteiger partial charge in [0.15, 0.2) is 0 Å². The zero-order chi connectivity index (χ0) is 11.2. The largest absolute Gasteiger partial charge is 0.477 e. The van der Waals surface area contributed by atoms with Crippen LogP contribution in [0.15, 0.2) is 41.7 Å². The average molecular weight is 216 g/mol. The molecule has 0 spiro atoms. The highest BCUT2D eigenvalue weighted by Crippen LogP contribution is 2.08. The molecule has 0 saturated heterocycles. The Kier molecular flexibility index (Phi) is 3.28. The van der Waals surface area contributed by atoms with Gasteiger partial charge in [0.05, 0.1) is 6.61 Å². The fourth-order valence-electron chi connectivity index (χ4n) is 1.25. The topological polar surface area (TPSA) is 63.2 Å². The van der Waals surface area contributed by atoms with Crippen LogP contribution in [0, 0.1) is 0 Å². The van der Waals surface area contributed by atoms with Crippen molar-refractivity contribution >= 4 is 11.8 Å².